The van der Waals surface area contributed by atoms with Crippen molar-refractivity contribution < 1.29 is 0 Å². The summed E-state index contributed by atoms with van der Waals surface area (Å²) in [6, 6.07) is 1.42. The van der Waals surface area contributed by atoms with E-state index in [1.807, 2.05) is 0 Å². The van der Waals surface area contributed by atoms with Crippen LogP contribution in [0.3, 0.4) is 0 Å². The van der Waals surface area contributed by atoms with Crippen LogP contribution in [0.15, 0.2) is 0 Å². The van der Waals surface area contributed by atoms with Gasteiger partial charge in [-0.3, -0.25) is 0 Å². The molecular weight excluding hydrogens is 222 g/mol. The minimum absolute atomic E-state index is 0.692. The number of likely N-dealkylation sites (N-methyl/N-ethyl adjacent to an activating group) is 2. The van der Waals surface area contributed by atoms with Gasteiger partial charge in [0.1, 0.15) is 0 Å². The summed E-state index contributed by atoms with van der Waals surface area (Å²) in [7, 11) is 8.74. The van der Waals surface area contributed by atoms with Gasteiger partial charge in [-0.05, 0) is 72.9 Å². The van der Waals surface area contributed by atoms with Gasteiger partial charge in [0.05, 0.1) is 0 Å². The Morgan fingerprint density at radius 2 is 1.83 bits per heavy atom. The zero-order chi connectivity index (χ0) is 13.5. The molecule has 0 aromatic carbocycles. The highest BCUT2D eigenvalue weighted by Crippen LogP contribution is 2.29. The van der Waals surface area contributed by atoms with Crippen LogP contribution >= 0.6 is 0 Å². The highest BCUT2D eigenvalue weighted by Gasteiger charge is 2.31. The monoisotopic (exact) mass is 255 g/mol. The second-order valence-electron chi connectivity index (χ2n) is 6.19. The predicted molar refractivity (Wildman–Crippen MR) is 80.1 cm³/mol. The molecule has 0 aromatic rings. The molecule has 0 heterocycles. The van der Waals surface area contributed by atoms with Crippen LogP contribution in [-0.2, 0) is 0 Å². The smallest absolute Gasteiger partial charge is 0.0248 e. The van der Waals surface area contributed by atoms with Crippen molar-refractivity contribution in [2.75, 3.05) is 41.3 Å². The van der Waals surface area contributed by atoms with E-state index in [0.717, 1.165) is 12.0 Å². The van der Waals surface area contributed by atoms with Crippen LogP contribution in [0.2, 0.25) is 0 Å². The normalized spacial score (nSPS) is 29.2. The molecule has 1 N–H and O–H groups in total. The second-order valence-corrected chi connectivity index (χ2v) is 6.19. The van der Waals surface area contributed by atoms with Gasteiger partial charge < -0.3 is 15.1 Å². The molecule has 0 saturated heterocycles. The van der Waals surface area contributed by atoms with Gasteiger partial charge in [0.25, 0.3) is 0 Å². The molecule has 18 heavy (non-hydrogen) atoms. The molecule has 3 heteroatoms. The molecule has 1 aliphatic carbocycles. The highest BCUT2D eigenvalue weighted by molar-refractivity contribution is 4.89. The molecule has 1 aliphatic rings. The fourth-order valence-corrected chi connectivity index (χ4v) is 3.23. The molecule has 0 aromatic heterocycles. The largest absolute Gasteiger partial charge is 0.315 e. The first-order valence-corrected chi connectivity index (χ1v) is 7.60. The SMILES string of the molecule is CCC1CCC(NC)C(N(C)CCCN(C)C)C1. The Labute approximate surface area is 114 Å². The van der Waals surface area contributed by atoms with Gasteiger partial charge in [0.15, 0.2) is 0 Å². The van der Waals surface area contributed by atoms with Crippen LogP contribution in [-0.4, -0.2) is 63.2 Å². The number of rotatable bonds is 7. The average Bonchev–Trinajstić information content (AvgIpc) is 2.37. The molecule has 1 rings (SSSR count). The standard InChI is InChI=1S/C15H33N3/c1-6-13-8-9-14(16-2)15(12-13)18(5)11-7-10-17(3)4/h13-16H,6-12H2,1-5H3. The van der Waals surface area contributed by atoms with Crippen molar-refractivity contribution in [2.45, 2.75) is 51.1 Å². The molecule has 3 nitrogen and oxygen atoms in total. The lowest BCUT2D eigenvalue weighted by Crippen LogP contribution is -2.51. The third-order valence-corrected chi connectivity index (χ3v) is 4.56. The van der Waals surface area contributed by atoms with Crippen LogP contribution in [0.4, 0.5) is 0 Å². The zero-order valence-electron chi connectivity index (χ0n) is 13.1. The summed E-state index contributed by atoms with van der Waals surface area (Å²) in [6.45, 7) is 4.75. The van der Waals surface area contributed by atoms with Gasteiger partial charge in [0.2, 0.25) is 0 Å². The van der Waals surface area contributed by atoms with Crippen LogP contribution in [0.1, 0.15) is 39.0 Å². The lowest BCUT2D eigenvalue weighted by atomic mass is 9.80. The minimum Gasteiger partial charge on any atom is -0.315 e. The predicted octanol–water partition coefficient (Wildman–Crippen LogP) is 2.04. The molecule has 0 aliphatic heterocycles. The van der Waals surface area contributed by atoms with Gasteiger partial charge in [-0.25, -0.2) is 0 Å². The summed E-state index contributed by atoms with van der Waals surface area (Å²) in [5.74, 6) is 0.941. The molecule has 0 bridgehead atoms. The van der Waals surface area contributed by atoms with Crippen LogP contribution in [0, 0.1) is 5.92 Å². The van der Waals surface area contributed by atoms with Crippen molar-refractivity contribution in [3.63, 3.8) is 0 Å². The van der Waals surface area contributed by atoms with Crippen LogP contribution in [0.25, 0.3) is 0 Å². The summed E-state index contributed by atoms with van der Waals surface area (Å²) in [4.78, 5) is 4.87. The molecule has 1 fully saturated rings. The van der Waals surface area contributed by atoms with E-state index in [9.17, 15) is 0 Å². The number of hydrogen-bond donors (Lipinski definition) is 1. The first-order chi connectivity index (χ1) is 8.58. The summed E-state index contributed by atoms with van der Waals surface area (Å²) >= 11 is 0. The van der Waals surface area contributed by atoms with Gasteiger partial charge in [-0.15, -0.1) is 0 Å². The van der Waals surface area contributed by atoms with E-state index in [-0.39, 0.29) is 0 Å². The molecule has 1 saturated carbocycles. The van der Waals surface area contributed by atoms with E-state index in [2.05, 4.69) is 50.2 Å². The maximum Gasteiger partial charge on any atom is 0.0248 e. The minimum atomic E-state index is 0.692. The molecule has 3 unspecified atom stereocenters. The van der Waals surface area contributed by atoms with Gasteiger partial charge in [-0.1, -0.05) is 13.3 Å². The Morgan fingerprint density at radius 1 is 1.11 bits per heavy atom. The lowest BCUT2D eigenvalue weighted by molar-refractivity contribution is 0.118. The average molecular weight is 255 g/mol. The fraction of sp³-hybridized carbons (Fsp3) is 1.00. The topological polar surface area (TPSA) is 18.5 Å². The van der Waals surface area contributed by atoms with Crippen molar-refractivity contribution in [3.8, 4) is 0 Å². The third-order valence-electron chi connectivity index (χ3n) is 4.56. The highest BCUT2D eigenvalue weighted by atomic mass is 15.2. The Hall–Kier alpha value is -0.120. The van der Waals surface area contributed by atoms with Gasteiger partial charge in [-0.2, -0.15) is 0 Å². The lowest BCUT2D eigenvalue weighted by Gasteiger charge is -2.41. The number of nitrogens with one attached hydrogen (secondary N) is 1. The first-order valence-electron chi connectivity index (χ1n) is 7.60. The van der Waals surface area contributed by atoms with E-state index in [4.69, 9.17) is 0 Å². The second kappa shape index (κ2) is 8.13. The summed E-state index contributed by atoms with van der Waals surface area (Å²) in [5, 5.41) is 3.53. The zero-order valence-corrected chi connectivity index (χ0v) is 13.1. The van der Waals surface area contributed by atoms with Gasteiger partial charge in [0, 0.05) is 12.1 Å². The molecule has 0 amide bonds. The summed E-state index contributed by atoms with van der Waals surface area (Å²) < 4.78 is 0. The van der Waals surface area contributed by atoms with Gasteiger partial charge >= 0.3 is 0 Å². The molecule has 3 atom stereocenters. The summed E-state index contributed by atoms with van der Waals surface area (Å²) in [5.41, 5.74) is 0. The number of hydrogen-bond acceptors (Lipinski definition) is 3. The van der Waals surface area contributed by atoms with E-state index in [1.54, 1.807) is 0 Å². The fourth-order valence-electron chi connectivity index (χ4n) is 3.23. The van der Waals surface area contributed by atoms with E-state index in [0.29, 0.717) is 6.04 Å². The van der Waals surface area contributed by atoms with E-state index < -0.39 is 0 Å². The Balaban J connectivity index is 2.42. The van der Waals surface area contributed by atoms with Crippen LogP contribution < -0.4 is 5.32 Å². The van der Waals surface area contributed by atoms with E-state index >= 15 is 0 Å². The summed E-state index contributed by atoms with van der Waals surface area (Å²) in [6.07, 6.45) is 6.74. The molecule has 108 valence electrons. The maximum atomic E-state index is 3.53. The maximum absolute atomic E-state index is 3.53. The molecule has 0 spiro atoms. The van der Waals surface area contributed by atoms with Crippen molar-refractivity contribution >= 4 is 0 Å². The Bertz CT molecular complexity index is 218. The van der Waals surface area contributed by atoms with Crippen LogP contribution in [0.5, 0.6) is 0 Å². The van der Waals surface area contributed by atoms with Crippen molar-refractivity contribution in [2.24, 2.45) is 5.92 Å². The van der Waals surface area contributed by atoms with Crippen molar-refractivity contribution in [3.05, 3.63) is 0 Å². The van der Waals surface area contributed by atoms with Crippen molar-refractivity contribution in [1.29, 1.82) is 0 Å². The molecular formula is C15H33N3. The Kier molecular flexibility index (Phi) is 7.20. The third kappa shape index (κ3) is 4.87. The van der Waals surface area contributed by atoms with Crippen molar-refractivity contribution in [1.82, 2.24) is 15.1 Å². The molecule has 0 radical (unpaired) electrons. The number of nitrogens with zero attached hydrogens (tertiary/aromatic N) is 2. The first kappa shape index (κ1) is 15.9. The quantitative estimate of drug-likeness (QED) is 0.751. The van der Waals surface area contributed by atoms with E-state index in [1.165, 1.54) is 45.2 Å². The Morgan fingerprint density at radius 3 is 2.39 bits per heavy atom.